The van der Waals surface area contributed by atoms with Crippen LogP contribution in [0.25, 0.3) is 0 Å². The van der Waals surface area contributed by atoms with Gasteiger partial charge in [0.15, 0.2) is 5.78 Å². The van der Waals surface area contributed by atoms with Gasteiger partial charge in [0.1, 0.15) is 12.4 Å². The Kier molecular flexibility index (Phi) is 6.44. The maximum atomic E-state index is 11.2. The highest BCUT2D eigenvalue weighted by molar-refractivity contribution is 5.94. The number of rotatable bonds is 8. The molecule has 0 N–H and O–H groups in total. The number of ether oxygens (including phenoxy) is 2. The van der Waals surface area contributed by atoms with Crippen molar-refractivity contribution in [3.8, 4) is 5.75 Å². The Morgan fingerprint density at radius 1 is 1.22 bits per heavy atom. The van der Waals surface area contributed by atoms with E-state index in [4.69, 9.17) is 9.47 Å². The fraction of sp³-hybridized carbons (Fsp3) is 0.533. The third kappa shape index (κ3) is 4.88. The van der Waals surface area contributed by atoms with Crippen LogP contribution in [0.5, 0.6) is 5.75 Å². The summed E-state index contributed by atoms with van der Waals surface area (Å²) in [5.74, 6) is 0.895. The van der Waals surface area contributed by atoms with Crippen molar-refractivity contribution >= 4 is 5.78 Å². The van der Waals surface area contributed by atoms with Crippen LogP contribution in [0.4, 0.5) is 0 Å². The molecule has 3 nitrogen and oxygen atoms in total. The van der Waals surface area contributed by atoms with Crippen LogP contribution in [0.15, 0.2) is 18.2 Å². The first-order valence-electron chi connectivity index (χ1n) is 6.47. The molecule has 0 fully saturated rings. The van der Waals surface area contributed by atoms with Crippen LogP contribution in [0.2, 0.25) is 0 Å². The number of Topliss-reactive ketones (excluding diaryl/α,β-unsaturated/α-hetero) is 1. The molecule has 0 aliphatic carbocycles. The Balaban J connectivity index is 2.36. The zero-order valence-electron chi connectivity index (χ0n) is 11.5. The van der Waals surface area contributed by atoms with Crippen molar-refractivity contribution in [2.75, 3.05) is 19.8 Å². The van der Waals surface area contributed by atoms with Gasteiger partial charge < -0.3 is 9.47 Å². The Hall–Kier alpha value is -1.35. The second-order valence-electron chi connectivity index (χ2n) is 4.35. The van der Waals surface area contributed by atoms with Gasteiger partial charge in [-0.25, -0.2) is 0 Å². The molecule has 0 aliphatic heterocycles. The minimum atomic E-state index is 0.0764. The lowest BCUT2D eigenvalue weighted by Crippen LogP contribution is -2.08. The molecule has 0 bridgehead atoms. The molecule has 0 radical (unpaired) electrons. The molecule has 1 aromatic rings. The fourth-order valence-corrected chi connectivity index (χ4v) is 1.59. The largest absolute Gasteiger partial charge is 0.491 e. The minimum Gasteiger partial charge on any atom is -0.491 e. The molecule has 100 valence electrons. The maximum Gasteiger partial charge on any atom is 0.159 e. The van der Waals surface area contributed by atoms with Gasteiger partial charge in [-0.3, -0.25) is 4.79 Å². The average Bonchev–Trinajstić information content (AvgIpc) is 2.35. The molecule has 0 heterocycles. The van der Waals surface area contributed by atoms with Crippen molar-refractivity contribution in [3.05, 3.63) is 29.3 Å². The third-order valence-electron chi connectivity index (χ3n) is 2.71. The van der Waals surface area contributed by atoms with Crippen molar-refractivity contribution in [2.24, 2.45) is 0 Å². The Bertz CT molecular complexity index is 385. The van der Waals surface area contributed by atoms with Gasteiger partial charge in [-0.2, -0.15) is 0 Å². The number of carbonyl (C=O) groups excluding carboxylic acids is 1. The number of benzene rings is 1. The van der Waals surface area contributed by atoms with Gasteiger partial charge in [0, 0.05) is 12.2 Å². The van der Waals surface area contributed by atoms with Crippen LogP contribution in [0.1, 0.15) is 42.6 Å². The van der Waals surface area contributed by atoms with Gasteiger partial charge in [-0.15, -0.1) is 0 Å². The summed E-state index contributed by atoms with van der Waals surface area (Å²) >= 11 is 0. The molecule has 0 amide bonds. The summed E-state index contributed by atoms with van der Waals surface area (Å²) in [4.78, 5) is 11.2. The van der Waals surface area contributed by atoms with Crippen molar-refractivity contribution in [1.82, 2.24) is 0 Å². The molecule has 0 aliphatic rings. The first-order chi connectivity index (χ1) is 8.65. The lowest BCUT2D eigenvalue weighted by atomic mass is 10.1. The third-order valence-corrected chi connectivity index (χ3v) is 2.71. The van der Waals surface area contributed by atoms with Crippen molar-refractivity contribution in [1.29, 1.82) is 0 Å². The van der Waals surface area contributed by atoms with Gasteiger partial charge in [-0.1, -0.05) is 13.3 Å². The van der Waals surface area contributed by atoms with Gasteiger partial charge in [0.2, 0.25) is 0 Å². The predicted octanol–water partition coefficient (Wildman–Crippen LogP) is 3.39. The van der Waals surface area contributed by atoms with E-state index in [1.54, 1.807) is 13.0 Å². The topological polar surface area (TPSA) is 35.5 Å². The molecule has 0 saturated heterocycles. The van der Waals surface area contributed by atoms with Crippen molar-refractivity contribution in [2.45, 2.75) is 33.6 Å². The maximum absolute atomic E-state index is 11.2. The molecule has 18 heavy (non-hydrogen) atoms. The standard InChI is InChI=1S/C15H22O3/c1-4-5-8-17-9-10-18-15-7-6-14(13(3)16)11-12(15)2/h6-7,11H,4-5,8-10H2,1-3H3. The lowest BCUT2D eigenvalue weighted by Gasteiger charge is -2.10. The van der Waals surface area contributed by atoms with Gasteiger partial charge in [0.05, 0.1) is 6.61 Å². The van der Waals surface area contributed by atoms with Gasteiger partial charge in [0.25, 0.3) is 0 Å². The molecule has 0 spiro atoms. The van der Waals surface area contributed by atoms with Crippen LogP contribution in [0, 0.1) is 6.92 Å². The highest BCUT2D eigenvalue weighted by Gasteiger charge is 2.04. The lowest BCUT2D eigenvalue weighted by molar-refractivity contribution is 0.0977. The number of ketones is 1. The summed E-state index contributed by atoms with van der Waals surface area (Å²) in [6.07, 6.45) is 2.23. The highest BCUT2D eigenvalue weighted by Crippen LogP contribution is 2.19. The zero-order chi connectivity index (χ0) is 13.4. The van der Waals surface area contributed by atoms with Gasteiger partial charge >= 0.3 is 0 Å². The zero-order valence-corrected chi connectivity index (χ0v) is 11.5. The molecule has 1 rings (SSSR count). The molecule has 0 saturated carbocycles. The van der Waals surface area contributed by atoms with E-state index < -0.39 is 0 Å². The Morgan fingerprint density at radius 3 is 2.61 bits per heavy atom. The van der Waals surface area contributed by atoms with Crippen LogP contribution >= 0.6 is 0 Å². The van der Waals surface area contributed by atoms with Crippen LogP contribution in [-0.2, 0) is 4.74 Å². The SMILES string of the molecule is CCCCOCCOc1ccc(C(C)=O)cc1C. The smallest absolute Gasteiger partial charge is 0.159 e. The van der Waals surface area contributed by atoms with E-state index >= 15 is 0 Å². The Morgan fingerprint density at radius 2 is 2.00 bits per heavy atom. The quantitative estimate of drug-likeness (QED) is 0.524. The number of unbranched alkanes of at least 4 members (excludes halogenated alkanes) is 1. The fourth-order valence-electron chi connectivity index (χ4n) is 1.59. The van der Waals surface area contributed by atoms with E-state index in [9.17, 15) is 4.79 Å². The second-order valence-corrected chi connectivity index (χ2v) is 4.35. The predicted molar refractivity (Wildman–Crippen MR) is 72.4 cm³/mol. The summed E-state index contributed by atoms with van der Waals surface area (Å²) in [6.45, 7) is 7.59. The summed E-state index contributed by atoms with van der Waals surface area (Å²) in [5, 5.41) is 0. The van der Waals surface area contributed by atoms with Crippen LogP contribution in [0.3, 0.4) is 0 Å². The molecule has 0 atom stereocenters. The van der Waals surface area contributed by atoms with Crippen LogP contribution in [-0.4, -0.2) is 25.6 Å². The summed E-state index contributed by atoms with van der Waals surface area (Å²) in [5.41, 5.74) is 1.70. The number of hydrogen-bond acceptors (Lipinski definition) is 3. The van der Waals surface area contributed by atoms with Crippen molar-refractivity contribution < 1.29 is 14.3 Å². The van der Waals surface area contributed by atoms with Crippen LogP contribution < -0.4 is 4.74 Å². The summed E-state index contributed by atoms with van der Waals surface area (Å²) in [6, 6.07) is 5.50. The summed E-state index contributed by atoms with van der Waals surface area (Å²) < 4.78 is 11.0. The minimum absolute atomic E-state index is 0.0764. The number of carbonyl (C=O) groups is 1. The molecule has 3 heteroatoms. The van der Waals surface area contributed by atoms with E-state index in [-0.39, 0.29) is 5.78 Å². The Labute approximate surface area is 109 Å². The average molecular weight is 250 g/mol. The van der Waals surface area contributed by atoms with E-state index in [0.717, 1.165) is 36.3 Å². The second kappa shape index (κ2) is 7.88. The van der Waals surface area contributed by atoms with Gasteiger partial charge in [-0.05, 0) is 44.0 Å². The summed E-state index contributed by atoms with van der Waals surface area (Å²) in [7, 11) is 0. The molecular weight excluding hydrogens is 228 g/mol. The monoisotopic (exact) mass is 250 g/mol. The first-order valence-corrected chi connectivity index (χ1v) is 6.47. The van der Waals surface area contributed by atoms with E-state index in [1.165, 1.54) is 0 Å². The normalized spacial score (nSPS) is 10.4. The molecular formula is C15H22O3. The molecule has 1 aromatic carbocycles. The molecule has 0 unspecified atom stereocenters. The first kappa shape index (κ1) is 14.7. The van der Waals surface area contributed by atoms with Crippen molar-refractivity contribution in [3.63, 3.8) is 0 Å². The van der Waals surface area contributed by atoms with E-state index in [0.29, 0.717) is 13.2 Å². The number of aryl methyl sites for hydroxylation is 1. The highest BCUT2D eigenvalue weighted by atomic mass is 16.5. The van der Waals surface area contributed by atoms with E-state index in [2.05, 4.69) is 6.92 Å². The van der Waals surface area contributed by atoms with E-state index in [1.807, 2.05) is 19.1 Å². The number of hydrogen-bond donors (Lipinski definition) is 0. The molecule has 0 aromatic heterocycles.